The summed E-state index contributed by atoms with van der Waals surface area (Å²) in [5.74, 6) is -0.849. The number of likely N-dealkylation sites (tertiary alicyclic amines) is 1. The van der Waals surface area contributed by atoms with E-state index < -0.39 is 30.0 Å². The van der Waals surface area contributed by atoms with Crippen LogP contribution in [0, 0.1) is 5.82 Å². The van der Waals surface area contributed by atoms with E-state index in [-0.39, 0.29) is 40.2 Å². The van der Waals surface area contributed by atoms with Crippen molar-refractivity contribution in [1.29, 1.82) is 0 Å². The standard InChI is InChI=1S/C22H23ClF4N4O4/c1-30-18(7-16(29-30)22(25,26)27)35-15-4-5-31(19(15)33)21-9-20(10-21,11-21)28-17(32)8-34-12-2-3-13(23)14(24)6-12/h2-3,6-7,15,19,33H,4-5,8-11H2,1H3,(H,28,32). The predicted octanol–water partition coefficient (Wildman–Crippen LogP) is 2.87. The van der Waals surface area contributed by atoms with E-state index in [4.69, 9.17) is 21.1 Å². The summed E-state index contributed by atoms with van der Waals surface area (Å²) < 4.78 is 64.2. The van der Waals surface area contributed by atoms with Crippen LogP contribution in [-0.4, -0.2) is 62.3 Å². The fourth-order valence-corrected chi connectivity index (χ4v) is 5.58. The van der Waals surface area contributed by atoms with Crippen LogP contribution in [-0.2, 0) is 18.0 Å². The number of amides is 1. The molecule has 3 aliphatic carbocycles. The molecule has 2 N–H and O–H groups in total. The number of aliphatic hydroxyl groups is 1. The molecule has 1 saturated heterocycles. The van der Waals surface area contributed by atoms with Gasteiger partial charge in [0.25, 0.3) is 5.91 Å². The Balaban J connectivity index is 1.12. The van der Waals surface area contributed by atoms with Gasteiger partial charge in [0.15, 0.2) is 12.3 Å². The number of aryl methyl sites for hydroxylation is 1. The molecule has 0 radical (unpaired) electrons. The van der Waals surface area contributed by atoms with Crippen molar-refractivity contribution < 1.29 is 36.9 Å². The van der Waals surface area contributed by atoms with E-state index in [1.54, 1.807) is 0 Å². The Morgan fingerprint density at radius 3 is 2.66 bits per heavy atom. The molecule has 2 unspecified atom stereocenters. The monoisotopic (exact) mass is 518 g/mol. The largest absolute Gasteiger partial charge is 0.484 e. The Morgan fingerprint density at radius 2 is 2.03 bits per heavy atom. The maximum Gasteiger partial charge on any atom is 0.435 e. The number of rotatable bonds is 7. The summed E-state index contributed by atoms with van der Waals surface area (Å²) in [4.78, 5) is 14.2. The topological polar surface area (TPSA) is 88.9 Å². The van der Waals surface area contributed by atoms with Crippen molar-refractivity contribution in [3.05, 3.63) is 40.8 Å². The Bertz CT molecular complexity index is 1140. The molecule has 2 bridgehead atoms. The lowest BCUT2D eigenvalue weighted by molar-refractivity contribution is -0.217. The Labute approximate surface area is 202 Å². The highest BCUT2D eigenvalue weighted by Gasteiger charge is 2.72. The predicted molar refractivity (Wildman–Crippen MR) is 114 cm³/mol. The summed E-state index contributed by atoms with van der Waals surface area (Å²) in [6, 6.07) is 4.74. The normalized spacial score (nSPS) is 29.9. The first kappa shape index (κ1) is 24.1. The minimum Gasteiger partial charge on any atom is -0.484 e. The van der Waals surface area contributed by atoms with Crippen LogP contribution < -0.4 is 14.8 Å². The molecular weight excluding hydrogens is 496 g/mol. The number of nitrogens with zero attached hydrogens (tertiary/aromatic N) is 3. The summed E-state index contributed by atoms with van der Waals surface area (Å²) in [5, 5.41) is 17.2. The van der Waals surface area contributed by atoms with Crippen LogP contribution in [0.3, 0.4) is 0 Å². The molecule has 1 aromatic heterocycles. The SMILES string of the molecule is Cn1nc(C(F)(F)F)cc1OC1CCN(C23CC(NC(=O)COc4ccc(Cl)c(F)c4)(C2)C3)C1O. The van der Waals surface area contributed by atoms with Crippen molar-refractivity contribution in [1.82, 2.24) is 20.0 Å². The van der Waals surface area contributed by atoms with E-state index in [1.165, 1.54) is 19.2 Å². The highest BCUT2D eigenvalue weighted by molar-refractivity contribution is 6.30. The van der Waals surface area contributed by atoms with E-state index in [9.17, 15) is 27.5 Å². The molecule has 35 heavy (non-hydrogen) atoms. The molecule has 13 heteroatoms. The fourth-order valence-electron chi connectivity index (χ4n) is 5.46. The number of nitrogens with one attached hydrogen (secondary N) is 1. The second-order valence-electron chi connectivity index (χ2n) is 9.49. The molecular formula is C22H23ClF4N4O4. The van der Waals surface area contributed by atoms with Crippen molar-refractivity contribution in [3.8, 4) is 11.6 Å². The van der Waals surface area contributed by atoms with Crippen molar-refractivity contribution in [2.75, 3.05) is 13.2 Å². The lowest BCUT2D eigenvalue weighted by Gasteiger charge is -2.73. The van der Waals surface area contributed by atoms with Gasteiger partial charge in [0.2, 0.25) is 5.88 Å². The van der Waals surface area contributed by atoms with Gasteiger partial charge < -0.3 is 19.9 Å². The smallest absolute Gasteiger partial charge is 0.435 e. The van der Waals surface area contributed by atoms with Gasteiger partial charge in [-0.2, -0.15) is 18.3 Å². The molecule has 8 nitrogen and oxygen atoms in total. The molecule has 2 heterocycles. The molecule has 2 atom stereocenters. The second kappa shape index (κ2) is 8.24. The van der Waals surface area contributed by atoms with Crippen LogP contribution in [0.1, 0.15) is 31.4 Å². The molecule has 1 aliphatic heterocycles. The minimum atomic E-state index is -4.58. The van der Waals surface area contributed by atoms with Gasteiger partial charge >= 0.3 is 6.18 Å². The molecule has 1 amide bonds. The van der Waals surface area contributed by atoms with Gasteiger partial charge in [0, 0.05) is 43.2 Å². The minimum absolute atomic E-state index is 0.0379. The van der Waals surface area contributed by atoms with Crippen LogP contribution in [0.15, 0.2) is 24.3 Å². The zero-order valence-electron chi connectivity index (χ0n) is 18.6. The second-order valence-corrected chi connectivity index (χ2v) is 9.90. The lowest BCUT2D eigenvalue weighted by atomic mass is 9.43. The van der Waals surface area contributed by atoms with E-state index in [0.29, 0.717) is 32.2 Å². The molecule has 6 rings (SSSR count). The fraction of sp³-hybridized carbons (Fsp3) is 0.545. The number of alkyl halides is 3. The number of aromatic nitrogens is 2. The number of benzene rings is 1. The third-order valence-electron chi connectivity index (χ3n) is 6.98. The van der Waals surface area contributed by atoms with Gasteiger partial charge in [-0.15, -0.1) is 0 Å². The first-order valence-corrected chi connectivity index (χ1v) is 11.4. The number of aliphatic hydroxyl groups excluding tert-OH is 1. The maximum atomic E-state index is 13.5. The summed E-state index contributed by atoms with van der Waals surface area (Å²) in [7, 11) is 1.35. The van der Waals surface area contributed by atoms with Crippen molar-refractivity contribution >= 4 is 17.5 Å². The number of carbonyl (C=O) groups excluding carboxylic acids is 1. The van der Waals surface area contributed by atoms with E-state index >= 15 is 0 Å². The summed E-state index contributed by atoms with van der Waals surface area (Å²) in [6.45, 7) is 0.244. The van der Waals surface area contributed by atoms with Gasteiger partial charge in [0.05, 0.1) is 5.02 Å². The maximum absolute atomic E-state index is 13.5. The number of ether oxygens (including phenoxy) is 2. The zero-order chi connectivity index (χ0) is 25.2. The lowest BCUT2D eigenvalue weighted by Crippen LogP contribution is -2.84. The number of hydrogen-bond acceptors (Lipinski definition) is 6. The number of halogens is 5. The number of hydrogen-bond donors (Lipinski definition) is 2. The molecule has 190 valence electrons. The average Bonchev–Trinajstić information content (AvgIpc) is 3.28. The Morgan fingerprint density at radius 1 is 1.31 bits per heavy atom. The summed E-state index contributed by atoms with van der Waals surface area (Å²) >= 11 is 5.63. The summed E-state index contributed by atoms with van der Waals surface area (Å²) in [5.41, 5.74) is -1.72. The molecule has 1 aromatic carbocycles. The van der Waals surface area contributed by atoms with Crippen LogP contribution in [0.5, 0.6) is 11.6 Å². The zero-order valence-corrected chi connectivity index (χ0v) is 19.4. The quantitative estimate of drug-likeness (QED) is 0.548. The molecule has 3 saturated carbocycles. The van der Waals surface area contributed by atoms with Crippen molar-refractivity contribution in [2.45, 2.75) is 55.3 Å². The van der Waals surface area contributed by atoms with Gasteiger partial charge in [-0.25, -0.2) is 9.07 Å². The van der Waals surface area contributed by atoms with E-state index in [0.717, 1.165) is 16.8 Å². The van der Waals surface area contributed by atoms with Crippen LogP contribution in [0.25, 0.3) is 0 Å². The molecule has 4 fully saturated rings. The highest BCUT2D eigenvalue weighted by atomic mass is 35.5. The van der Waals surface area contributed by atoms with Gasteiger partial charge in [-0.05, 0) is 31.4 Å². The van der Waals surface area contributed by atoms with Crippen LogP contribution >= 0.6 is 11.6 Å². The molecule has 4 aliphatic rings. The highest BCUT2D eigenvalue weighted by Crippen LogP contribution is 2.64. The van der Waals surface area contributed by atoms with Crippen LogP contribution in [0.2, 0.25) is 5.02 Å². The summed E-state index contributed by atoms with van der Waals surface area (Å²) in [6.07, 6.45) is -3.92. The first-order chi connectivity index (χ1) is 16.4. The Hall–Kier alpha value is -2.57. The van der Waals surface area contributed by atoms with Gasteiger partial charge in [0.1, 0.15) is 23.9 Å². The van der Waals surface area contributed by atoms with Gasteiger partial charge in [-0.3, -0.25) is 9.69 Å². The third kappa shape index (κ3) is 4.31. The molecule has 2 aromatic rings. The van der Waals surface area contributed by atoms with Gasteiger partial charge in [-0.1, -0.05) is 11.6 Å². The van der Waals surface area contributed by atoms with Crippen LogP contribution in [0.4, 0.5) is 17.6 Å². The average molecular weight is 519 g/mol. The third-order valence-corrected chi connectivity index (χ3v) is 7.29. The van der Waals surface area contributed by atoms with E-state index in [1.807, 2.05) is 4.90 Å². The van der Waals surface area contributed by atoms with E-state index in [2.05, 4.69) is 10.4 Å². The first-order valence-electron chi connectivity index (χ1n) is 11.0. The Kier molecular flexibility index (Phi) is 5.68. The molecule has 0 spiro atoms. The number of carbonyl (C=O) groups is 1. The van der Waals surface area contributed by atoms with Crippen molar-refractivity contribution in [2.24, 2.45) is 7.05 Å². The van der Waals surface area contributed by atoms with Crippen molar-refractivity contribution in [3.63, 3.8) is 0 Å².